The molecular formula is C13H18N2O4. The van der Waals surface area contributed by atoms with Crippen LogP contribution in [0, 0.1) is 23.0 Å². The van der Waals surface area contributed by atoms with Gasteiger partial charge < -0.3 is 10.1 Å². The van der Waals surface area contributed by atoms with Crippen LogP contribution in [0.4, 0.5) is 11.4 Å². The zero-order valence-electron chi connectivity index (χ0n) is 11.5. The Bertz CT molecular complexity index is 486. The van der Waals surface area contributed by atoms with E-state index in [-0.39, 0.29) is 17.6 Å². The number of hydrogen-bond acceptors (Lipinski definition) is 5. The van der Waals surface area contributed by atoms with Crippen molar-refractivity contribution in [2.75, 3.05) is 12.4 Å². The van der Waals surface area contributed by atoms with Crippen molar-refractivity contribution in [3.63, 3.8) is 0 Å². The lowest BCUT2D eigenvalue weighted by Gasteiger charge is -2.21. The maximum Gasteiger partial charge on any atom is 0.328 e. The molecule has 0 bridgehead atoms. The Hall–Kier alpha value is -2.11. The largest absolute Gasteiger partial charge is 0.467 e. The molecule has 6 nitrogen and oxygen atoms in total. The number of benzene rings is 1. The van der Waals surface area contributed by atoms with Gasteiger partial charge in [-0.15, -0.1) is 0 Å². The van der Waals surface area contributed by atoms with Crippen molar-refractivity contribution in [2.45, 2.75) is 26.8 Å². The molecule has 0 radical (unpaired) electrons. The van der Waals surface area contributed by atoms with Crippen molar-refractivity contribution in [1.82, 2.24) is 0 Å². The fraction of sp³-hybridized carbons (Fsp3) is 0.462. The Morgan fingerprint density at radius 3 is 2.47 bits per heavy atom. The van der Waals surface area contributed by atoms with Gasteiger partial charge in [0.1, 0.15) is 6.04 Å². The van der Waals surface area contributed by atoms with E-state index in [2.05, 4.69) is 5.32 Å². The van der Waals surface area contributed by atoms with Gasteiger partial charge in [-0.25, -0.2) is 4.79 Å². The summed E-state index contributed by atoms with van der Waals surface area (Å²) in [5.41, 5.74) is 1.43. The first-order valence-electron chi connectivity index (χ1n) is 5.96. The highest BCUT2D eigenvalue weighted by Gasteiger charge is 2.23. The lowest BCUT2D eigenvalue weighted by Crippen LogP contribution is -2.35. The van der Waals surface area contributed by atoms with Gasteiger partial charge in [0.15, 0.2) is 0 Å². The average molecular weight is 266 g/mol. The molecular weight excluding hydrogens is 248 g/mol. The van der Waals surface area contributed by atoms with E-state index < -0.39 is 11.0 Å². The van der Waals surface area contributed by atoms with Gasteiger partial charge in [-0.2, -0.15) is 0 Å². The molecule has 104 valence electrons. The van der Waals surface area contributed by atoms with Gasteiger partial charge in [0, 0.05) is 17.8 Å². The van der Waals surface area contributed by atoms with E-state index in [4.69, 9.17) is 4.74 Å². The van der Waals surface area contributed by atoms with Gasteiger partial charge in [0.25, 0.3) is 5.69 Å². The molecule has 0 aliphatic heterocycles. The number of nitrogens with one attached hydrogen (secondary N) is 1. The summed E-state index contributed by atoms with van der Waals surface area (Å²) in [7, 11) is 1.34. The monoisotopic (exact) mass is 266 g/mol. The van der Waals surface area contributed by atoms with E-state index in [9.17, 15) is 14.9 Å². The Morgan fingerprint density at radius 1 is 1.42 bits per heavy atom. The van der Waals surface area contributed by atoms with Crippen LogP contribution < -0.4 is 5.32 Å². The predicted molar refractivity (Wildman–Crippen MR) is 72.1 cm³/mol. The van der Waals surface area contributed by atoms with Gasteiger partial charge in [0.2, 0.25) is 0 Å². The zero-order chi connectivity index (χ0) is 14.6. The van der Waals surface area contributed by atoms with Crippen LogP contribution in [0.1, 0.15) is 19.4 Å². The zero-order valence-corrected chi connectivity index (χ0v) is 11.5. The molecule has 1 rings (SSSR count). The molecule has 0 heterocycles. The highest BCUT2D eigenvalue weighted by Crippen LogP contribution is 2.23. The van der Waals surface area contributed by atoms with Gasteiger partial charge in [-0.1, -0.05) is 13.8 Å². The second kappa shape index (κ2) is 6.17. The first-order chi connectivity index (χ1) is 8.86. The summed E-state index contributed by atoms with van der Waals surface area (Å²) in [4.78, 5) is 21.9. The normalized spacial score (nSPS) is 12.1. The average Bonchev–Trinajstić information content (AvgIpc) is 2.35. The first-order valence-corrected chi connectivity index (χ1v) is 5.96. The van der Waals surface area contributed by atoms with Crippen LogP contribution in [0.5, 0.6) is 0 Å². The minimum atomic E-state index is -0.481. The summed E-state index contributed by atoms with van der Waals surface area (Å²) in [5.74, 6) is -0.310. The number of aryl methyl sites for hydroxylation is 1. The number of methoxy groups -OCH3 is 1. The van der Waals surface area contributed by atoms with Crippen molar-refractivity contribution in [1.29, 1.82) is 0 Å². The van der Waals surface area contributed by atoms with Gasteiger partial charge >= 0.3 is 5.97 Å². The molecule has 1 atom stereocenters. The van der Waals surface area contributed by atoms with E-state index in [1.54, 1.807) is 13.0 Å². The van der Waals surface area contributed by atoms with Crippen LogP contribution in [0.2, 0.25) is 0 Å². The van der Waals surface area contributed by atoms with E-state index in [0.717, 1.165) is 0 Å². The number of carbonyl (C=O) groups is 1. The van der Waals surface area contributed by atoms with Crippen molar-refractivity contribution < 1.29 is 14.5 Å². The summed E-state index contributed by atoms with van der Waals surface area (Å²) < 4.78 is 4.74. The number of anilines is 1. The van der Waals surface area contributed by atoms with E-state index in [1.807, 2.05) is 13.8 Å². The fourth-order valence-electron chi connectivity index (χ4n) is 1.72. The number of rotatable bonds is 5. The van der Waals surface area contributed by atoms with Crippen molar-refractivity contribution in [2.24, 2.45) is 5.92 Å². The van der Waals surface area contributed by atoms with Crippen molar-refractivity contribution in [3.05, 3.63) is 33.9 Å². The Morgan fingerprint density at radius 2 is 2.05 bits per heavy atom. The highest BCUT2D eigenvalue weighted by atomic mass is 16.6. The Kier molecular flexibility index (Phi) is 4.86. The number of ether oxygens (including phenoxy) is 1. The van der Waals surface area contributed by atoms with Crippen LogP contribution in [0.3, 0.4) is 0 Å². The number of carbonyl (C=O) groups excluding carboxylic acids is 1. The second-order valence-electron chi connectivity index (χ2n) is 4.65. The molecule has 0 aromatic heterocycles. The van der Waals surface area contributed by atoms with Crippen LogP contribution in [-0.2, 0) is 9.53 Å². The first kappa shape index (κ1) is 14.9. The minimum Gasteiger partial charge on any atom is -0.467 e. The highest BCUT2D eigenvalue weighted by molar-refractivity contribution is 5.80. The molecule has 0 saturated heterocycles. The summed E-state index contributed by atoms with van der Waals surface area (Å²) in [5, 5.41) is 13.7. The molecule has 0 aliphatic carbocycles. The van der Waals surface area contributed by atoms with Gasteiger partial charge in [0.05, 0.1) is 12.0 Å². The molecule has 1 N–H and O–H groups in total. The molecule has 0 aliphatic rings. The van der Waals surface area contributed by atoms with Crippen molar-refractivity contribution in [3.8, 4) is 0 Å². The number of nitrogens with zero attached hydrogens (tertiary/aromatic N) is 1. The third-order valence-corrected chi connectivity index (χ3v) is 2.85. The quantitative estimate of drug-likeness (QED) is 0.503. The standard InChI is InChI=1S/C13H18N2O4/c1-8(2)12(13(16)19-4)14-11-6-5-10(15(17)18)7-9(11)3/h5-8,12,14H,1-4H3. The number of hydrogen-bond donors (Lipinski definition) is 1. The molecule has 0 spiro atoms. The summed E-state index contributed by atoms with van der Waals surface area (Å²) >= 11 is 0. The molecule has 0 saturated carbocycles. The SMILES string of the molecule is COC(=O)C(Nc1ccc([N+](=O)[O-])cc1C)C(C)C. The summed E-state index contributed by atoms with van der Waals surface area (Å²) in [6.07, 6.45) is 0. The lowest BCUT2D eigenvalue weighted by atomic mass is 10.0. The van der Waals surface area contributed by atoms with Crippen LogP contribution in [0.25, 0.3) is 0 Å². The van der Waals surface area contributed by atoms with Crippen LogP contribution in [0.15, 0.2) is 18.2 Å². The van der Waals surface area contributed by atoms with Gasteiger partial charge in [-0.05, 0) is 24.5 Å². The molecule has 1 aromatic carbocycles. The number of nitro groups is 1. The smallest absolute Gasteiger partial charge is 0.328 e. The number of nitro benzene ring substituents is 1. The molecule has 0 amide bonds. The molecule has 0 fully saturated rings. The topological polar surface area (TPSA) is 81.5 Å². The minimum absolute atomic E-state index is 0.0298. The van der Waals surface area contributed by atoms with Crippen LogP contribution >= 0.6 is 0 Å². The van der Waals surface area contributed by atoms with Gasteiger partial charge in [-0.3, -0.25) is 10.1 Å². The maximum absolute atomic E-state index is 11.7. The van der Waals surface area contributed by atoms with E-state index >= 15 is 0 Å². The third-order valence-electron chi connectivity index (χ3n) is 2.85. The number of non-ortho nitro benzene ring substituents is 1. The fourth-order valence-corrected chi connectivity index (χ4v) is 1.72. The Balaban J connectivity index is 2.97. The molecule has 19 heavy (non-hydrogen) atoms. The number of esters is 1. The molecule has 6 heteroatoms. The van der Waals surface area contributed by atoms with E-state index in [1.165, 1.54) is 19.2 Å². The second-order valence-corrected chi connectivity index (χ2v) is 4.65. The van der Waals surface area contributed by atoms with E-state index in [0.29, 0.717) is 11.3 Å². The molecule has 1 aromatic rings. The maximum atomic E-state index is 11.7. The molecule has 1 unspecified atom stereocenters. The third kappa shape index (κ3) is 3.67. The lowest BCUT2D eigenvalue weighted by molar-refractivity contribution is -0.384. The predicted octanol–water partition coefficient (Wildman–Crippen LogP) is 2.51. The summed E-state index contributed by atoms with van der Waals surface area (Å²) in [6, 6.07) is 4.00. The Labute approximate surface area is 111 Å². The summed E-state index contributed by atoms with van der Waals surface area (Å²) in [6.45, 7) is 5.55. The van der Waals surface area contributed by atoms with Crippen molar-refractivity contribution >= 4 is 17.3 Å². The van der Waals surface area contributed by atoms with Crippen LogP contribution in [-0.4, -0.2) is 24.0 Å².